The Morgan fingerprint density at radius 1 is 1.35 bits per heavy atom. The maximum atomic E-state index is 10.4. The Balaban J connectivity index is 2.07. The van der Waals surface area contributed by atoms with Gasteiger partial charge in [0.2, 0.25) is 0 Å². The lowest BCUT2D eigenvalue weighted by Crippen LogP contribution is -2.24. The number of rotatable bonds is 2. The molecular formula is C14H20N4O2. The maximum absolute atomic E-state index is 10.4. The van der Waals surface area contributed by atoms with Gasteiger partial charge in [0.25, 0.3) is 0 Å². The molecule has 20 heavy (non-hydrogen) atoms. The lowest BCUT2D eigenvalue weighted by Gasteiger charge is -2.17. The average molecular weight is 276 g/mol. The van der Waals surface area contributed by atoms with E-state index in [1.54, 1.807) is 6.33 Å². The summed E-state index contributed by atoms with van der Waals surface area (Å²) in [6, 6.07) is 0. The molecule has 1 aliphatic heterocycles. The molecule has 108 valence electrons. The quantitative estimate of drug-likeness (QED) is 0.904. The third kappa shape index (κ3) is 1.91. The van der Waals surface area contributed by atoms with Gasteiger partial charge >= 0.3 is 0 Å². The summed E-state index contributed by atoms with van der Waals surface area (Å²) in [6.07, 6.45) is 1.66. The fraction of sp³-hybridized carbons (Fsp3) is 0.643. The molecule has 4 atom stereocenters. The van der Waals surface area contributed by atoms with E-state index in [0.29, 0.717) is 5.82 Å². The number of aromatic nitrogens is 4. The Morgan fingerprint density at radius 3 is 2.75 bits per heavy atom. The van der Waals surface area contributed by atoms with Crippen LogP contribution in [0.1, 0.15) is 38.0 Å². The number of ether oxygens (including phenoxy) is 1. The van der Waals surface area contributed by atoms with Crippen LogP contribution in [0.25, 0.3) is 11.2 Å². The number of hydrogen-bond donors (Lipinski definition) is 1. The van der Waals surface area contributed by atoms with E-state index in [0.717, 1.165) is 23.3 Å². The highest BCUT2D eigenvalue weighted by Crippen LogP contribution is 2.36. The number of nitrogens with zero attached hydrogens (tertiary/aromatic N) is 4. The first kappa shape index (κ1) is 13.5. The van der Waals surface area contributed by atoms with Crippen molar-refractivity contribution in [3.63, 3.8) is 0 Å². The van der Waals surface area contributed by atoms with E-state index < -0.39 is 12.3 Å². The van der Waals surface area contributed by atoms with Gasteiger partial charge in [-0.1, -0.05) is 13.8 Å². The second-order valence-corrected chi connectivity index (χ2v) is 5.50. The van der Waals surface area contributed by atoms with E-state index in [-0.39, 0.29) is 12.0 Å². The molecule has 0 bridgehead atoms. The van der Waals surface area contributed by atoms with E-state index in [4.69, 9.17) is 4.74 Å². The zero-order chi connectivity index (χ0) is 14.4. The SMILES string of the molecule is CC[C@H]1O[C@@H](n2cnc3c(C)nc(C)nc32)C(O)[C@H]1C. The Bertz CT molecular complexity index is 639. The predicted octanol–water partition coefficient (Wildman–Crippen LogP) is 1.75. The number of imidazole rings is 1. The van der Waals surface area contributed by atoms with Crippen molar-refractivity contribution in [2.24, 2.45) is 5.92 Å². The first-order valence-corrected chi connectivity index (χ1v) is 7.04. The van der Waals surface area contributed by atoms with Crippen molar-refractivity contribution >= 4 is 11.2 Å². The first-order chi connectivity index (χ1) is 9.52. The molecule has 3 rings (SSSR count). The molecular weight excluding hydrogens is 256 g/mol. The molecule has 1 N–H and O–H groups in total. The lowest BCUT2D eigenvalue weighted by atomic mass is 9.99. The fourth-order valence-corrected chi connectivity index (χ4v) is 2.94. The summed E-state index contributed by atoms with van der Waals surface area (Å²) in [5, 5.41) is 10.4. The van der Waals surface area contributed by atoms with Crippen LogP contribution in [0, 0.1) is 19.8 Å². The minimum absolute atomic E-state index is 0.0662. The largest absolute Gasteiger partial charge is 0.388 e. The van der Waals surface area contributed by atoms with Gasteiger partial charge in [-0.3, -0.25) is 4.57 Å². The molecule has 0 radical (unpaired) electrons. The van der Waals surface area contributed by atoms with Crippen LogP contribution >= 0.6 is 0 Å². The van der Waals surface area contributed by atoms with Crippen LogP contribution < -0.4 is 0 Å². The van der Waals surface area contributed by atoms with Gasteiger partial charge in [0.05, 0.1) is 18.1 Å². The summed E-state index contributed by atoms with van der Waals surface area (Å²) < 4.78 is 7.81. The summed E-state index contributed by atoms with van der Waals surface area (Å²) in [4.78, 5) is 13.1. The topological polar surface area (TPSA) is 73.1 Å². The van der Waals surface area contributed by atoms with E-state index in [9.17, 15) is 5.11 Å². The molecule has 0 saturated carbocycles. The molecule has 1 unspecified atom stereocenters. The van der Waals surface area contributed by atoms with Gasteiger partial charge in [0.1, 0.15) is 17.4 Å². The van der Waals surface area contributed by atoms with Crippen LogP contribution in [0.3, 0.4) is 0 Å². The van der Waals surface area contributed by atoms with Gasteiger partial charge in [-0.2, -0.15) is 0 Å². The second-order valence-electron chi connectivity index (χ2n) is 5.50. The normalized spacial score (nSPS) is 30.2. The Hall–Kier alpha value is -1.53. The Labute approximate surface area is 117 Å². The fourth-order valence-electron chi connectivity index (χ4n) is 2.94. The van der Waals surface area contributed by atoms with Gasteiger partial charge in [-0.05, 0) is 20.3 Å². The van der Waals surface area contributed by atoms with E-state index in [2.05, 4.69) is 21.9 Å². The summed E-state index contributed by atoms with van der Waals surface area (Å²) in [5.74, 6) is 0.802. The monoisotopic (exact) mass is 276 g/mol. The smallest absolute Gasteiger partial charge is 0.166 e. The molecule has 0 amide bonds. The number of aliphatic hydroxyl groups excluding tert-OH is 1. The van der Waals surface area contributed by atoms with Crippen LogP contribution in [0.4, 0.5) is 0 Å². The summed E-state index contributed by atoms with van der Waals surface area (Å²) >= 11 is 0. The Morgan fingerprint density at radius 2 is 2.10 bits per heavy atom. The van der Waals surface area contributed by atoms with Crippen LogP contribution in [0.15, 0.2) is 6.33 Å². The van der Waals surface area contributed by atoms with E-state index >= 15 is 0 Å². The van der Waals surface area contributed by atoms with Gasteiger partial charge in [0, 0.05) is 5.92 Å². The third-order valence-electron chi connectivity index (χ3n) is 4.12. The summed E-state index contributed by atoms with van der Waals surface area (Å²) in [5.41, 5.74) is 2.33. The van der Waals surface area contributed by atoms with Crippen molar-refractivity contribution in [3.05, 3.63) is 17.8 Å². The minimum Gasteiger partial charge on any atom is -0.388 e. The highest BCUT2D eigenvalue weighted by molar-refractivity contribution is 5.73. The minimum atomic E-state index is -0.548. The van der Waals surface area contributed by atoms with Gasteiger partial charge in [-0.15, -0.1) is 0 Å². The number of hydrogen-bond acceptors (Lipinski definition) is 5. The average Bonchev–Trinajstić information content (AvgIpc) is 2.93. The predicted molar refractivity (Wildman–Crippen MR) is 74.2 cm³/mol. The molecule has 2 aromatic rings. The molecule has 2 aromatic heterocycles. The van der Waals surface area contributed by atoms with Crippen molar-refractivity contribution < 1.29 is 9.84 Å². The number of fused-ring (bicyclic) bond motifs is 1. The molecule has 1 fully saturated rings. The van der Waals surface area contributed by atoms with Gasteiger partial charge in [0.15, 0.2) is 11.9 Å². The number of aryl methyl sites for hydroxylation is 2. The lowest BCUT2D eigenvalue weighted by molar-refractivity contribution is -0.0355. The standard InChI is InChI=1S/C14H20N4O2/c1-5-10-7(2)12(19)14(20-10)18-6-15-11-8(3)16-9(4)17-13(11)18/h6-7,10,12,14,19H,5H2,1-4H3/t7-,10+,12?,14+/m0/s1. The molecule has 6 heteroatoms. The van der Waals surface area contributed by atoms with Crippen molar-refractivity contribution in [2.75, 3.05) is 0 Å². The van der Waals surface area contributed by atoms with Crippen molar-refractivity contribution in [3.8, 4) is 0 Å². The molecule has 0 aliphatic carbocycles. The highest BCUT2D eigenvalue weighted by Gasteiger charge is 2.41. The molecule has 0 spiro atoms. The van der Waals surface area contributed by atoms with Gasteiger partial charge in [-0.25, -0.2) is 15.0 Å². The van der Waals surface area contributed by atoms with E-state index in [1.165, 1.54) is 0 Å². The number of aliphatic hydroxyl groups is 1. The zero-order valence-electron chi connectivity index (χ0n) is 12.2. The molecule has 1 aliphatic rings. The van der Waals surface area contributed by atoms with Crippen molar-refractivity contribution in [2.45, 2.75) is 52.6 Å². The molecule has 0 aromatic carbocycles. The first-order valence-electron chi connectivity index (χ1n) is 7.04. The highest BCUT2D eigenvalue weighted by atomic mass is 16.5. The molecule has 6 nitrogen and oxygen atoms in total. The van der Waals surface area contributed by atoms with Crippen LogP contribution in [-0.2, 0) is 4.74 Å². The van der Waals surface area contributed by atoms with Crippen molar-refractivity contribution in [1.82, 2.24) is 19.5 Å². The molecule has 1 saturated heterocycles. The maximum Gasteiger partial charge on any atom is 0.166 e. The third-order valence-corrected chi connectivity index (χ3v) is 4.12. The molecule has 3 heterocycles. The second kappa shape index (κ2) is 4.79. The van der Waals surface area contributed by atoms with E-state index in [1.807, 2.05) is 25.3 Å². The van der Waals surface area contributed by atoms with Crippen LogP contribution in [0.2, 0.25) is 0 Å². The van der Waals surface area contributed by atoms with Crippen LogP contribution in [0.5, 0.6) is 0 Å². The van der Waals surface area contributed by atoms with Crippen LogP contribution in [-0.4, -0.2) is 36.8 Å². The Kier molecular flexibility index (Phi) is 3.22. The van der Waals surface area contributed by atoms with Gasteiger partial charge < -0.3 is 9.84 Å². The summed E-state index contributed by atoms with van der Waals surface area (Å²) in [6.45, 7) is 7.85. The summed E-state index contributed by atoms with van der Waals surface area (Å²) in [7, 11) is 0. The zero-order valence-corrected chi connectivity index (χ0v) is 12.2. The van der Waals surface area contributed by atoms with Crippen molar-refractivity contribution in [1.29, 1.82) is 0 Å².